The standard InChI is InChI=1S/C20H20N4O2/c25-19(21-14-8-2-1-3-9-14)17-16-12-6-7-13-24(16)18(23-17)20(26)22-15-10-4-5-11-15/h1-3,6-9,12-13,15H,4-5,10-11H2,(H,21,25)(H,22,26). The normalized spacial score (nSPS) is 14.5. The molecule has 0 saturated heterocycles. The largest absolute Gasteiger partial charge is 0.347 e. The van der Waals surface area contributed by atoms with Gasteiger partial charge in [0.2, 0.25) is 5.82 Å². The van der Waals surface area contributed by atoms with Gasteiger partial charge in [0.25, 0.3) is 11.8 Å². The number of imidazole rings is 1. The number of anilines is 1. The Morgan fingerprint density at radius 2 is 1.69 bits per heavy atom. The number of nitrogens with one attached hydrogen (secondary N) is 2. The van der Waals surface area contributed by atoms with Crippen molar-refractivity contribution in [1.29, 1.82) is 0 Å². The van der Waals surface area contributed by atoms with Crippen LogP contribution in [0.4, 0.5) is 5.69 Å². The van der Waals surface area contributed by atoms with Crippen molar-refractivity contribution < 1.29 is 9.59 Å². The maximum Gasteiger partial charge on any atom is 0.287 e. The van der Waals surface area contributed by atoms with Gasteiger partial charge in [-0.05, 0) is 37.1 Å². The number of benzene rings is 1. The smallest absolute Gasteiger partial charge is 0.287 e. The minimum absolute atomic E-state index is 0.195. The van der Waals surface area contributed by atoms with Gasteiger partial charge in [0, 0.05) is 17.9 Å². The Labute approximate surface area is 151 Å². The fourth-order valence-corrected chi connectivity index (χ4v) is 3.40. The highest BCUT2D eigenvalue weighted by Crippen LogP contribution is 2.19. The van der Waals surface area contributed by atoms with Crippen LogP contribution in [-0.2, 0) is 0 Å². The Hall–Kier alpha value is -3.15. The van der Waals surface area contributed by atoms with Gasteiger partial charge in [0.15, 0.2) is 5.69 Å². The first-order valence-electron chi connectivity index (χ1n) is 8.87. The van der Waals surface area contributed by atoms with Crippen molar-refractivity contribution in [2.75, 3.05) is 5.32 Å². The van der Waals surface area contributed by atoms with Crippen molar-refractivity contribution in [3.63, 3.8) is 0 Å². The summed E-state index contributed by atoms with van der Waals surface area (Å²) in [6, 6.07) is 14.8. The van der Waals surface area contributed by atoms with Gasteiger partial charge < -0.3 is 10.6 Å². The molecule has 0 bridgehead atoms. The Bertz CT molecular complexity index is 943. The lowest BCUT2D eigenvalue weighted by atomic mass is 10.2. The zero-order chi connectivity index (χ0) is 17.9. The molecule has 2 amide bonds. The summed E-state index contributed by atoms with van der Waals surface area (Å²) < 4.78 is 1.67. The van der Waals surface area contributed by atoms with Crippen molar-refractivity contribution in [3.8, 4) is 0 Å². The number of carbonyl (C=O) groups excluding carboxylic acids is 2. The third-order valence-electron chi connectivity index (χ3n) is 4.69. The van der Waals surface area contributed by atoms with E-state index in [9.17, 15) is 9.59 Å². The van der Waals surface area contributed by atoms with E-state index in [1.807, 2.05) is 42.5 Å². The van der Waals surface area contributed by atoms with Crippen molar-refractivity contribution in [3.05, 3.63) is 66.2 Å². The first kappa shape index (κ1) is 16.3. The number of fused-ring (bicyclic) bond motifs is 1. The molecule has 0 spiro atoms. The monoisotopic (exact) mass is 348 g/mol. The lowest BCUT2D eigenvalue weighted by Crippen LogP contribution is -2.33. The minimum Gasteiger partial charge on any atom is -0.347 e. The first-order chi connectivity index (χ1) is 12.7. The molecule has 1 aliphatic rings. The number of para-hydroxylation sites is 1. The SMILES string of the molecule is O=C(Nc1ccccc1)c1nc(C(=O)NC2CCCC2)n2ccccc12. The van der Waals surface area contributed by atoms with Crippen LogP contribution in [0.1, 0.15) is 46.8 Å². The van der Waals surface area contributed by atoms with Crippen LogP contribution in [0.2, 0.25) is 0 Å². The fraction of sp³-hybridized carbons (Fsp3) is 0.250. The van der Waals surface area contributed by atoms with Gasteiger partial charge in [-0.2, -0.15) is 0 Å². The van der Waals surface area contributed by atoms with Crippen molar-refractivity contribution in [1.82, 2.24) is 14.7 Å². The average molecular weight is 348 g/mol. The molecule has 1 aliphatic carbocycles. The minimum atomic E-state index is -0.334. The Morgan fingerprint density at radius 1 is 0.962 bits per heavy atom. The second kappa shape index (κ2) is 7.00. The molecule has 3 aromatic rings. The molecule has 6 nitrogen and oxygen atoms in total. The van der Waals surface area contributed by atoms with E-state index in [1.54, 1.807) is 16.7 Å². The summed E-state index contributed by atoms with van der Waals surface area (Å²) in [5, 5.41) is 5.86. The zero-order valence-electron chi connectivity index (χ0n) is 14.3. The molecule has 2 N–H and O–H groups in total. The van der Waals surface area contributed by atoms with E-state index in [2.05, 4.69) is 15.6 Å². The maximum atomic E-state index is 12.7. The molecule has 0 radical (unpaired) electrons. The van der Waals surface area contributed by atoms with Crippen LogP contribution >= 0.6 is 0 Å². The van der Waals surface area contributed by atoms with Crippen LogP contribution < -0.4 is 10.6 Å². The number of hydrogen-bond acceptors (Lipinski definition) is 3. The fourth-order valence-electron chi connectivity index (χ4n) is 3.40. The summed E-state index contributed by atoms with van der Waals surface area (Å²) in [5.74, 6) is -0.331. The van der Waals surface area contributed by atoms with E-state index < -0.39 is 0 Å². The quantitative estimate of drug-likeness (QED) is 0.760. The van der Waals surface area contributed by atoms with E-state index in [0.29, 0.717) is 11.2 Å². The molecule has 2 heterocycles. The van der Waals surface area contributed by atoms with Crippen LogP contribution in [0.5, 0.6) is 0 Å². The van der Waals surface area contributed by atoms with Crippen LogP contribution in [0, 0.1) is 0 Å². The summed E-state index contributed by atoms with van der Waals surface area (Å²) in [6.07, 6.45) is 6.02. The Balaban J connectivity index is 1.65. The number of rotatable bonds is 4. The molecular weight excluding hydrogens is 328 g/mol. The highest BCUT2D eigenvalue weighted by atomic mass is 16.2. The molecule has 1 aromatic carbocycles. The van der Waals surface area contributed by atoms with Crippen LogP contribution in [-0.4, -0.2) is 27.2 Å². The molecule has 0 atom stereocenters. The van der Waals surface area contributed by atoms with Gasteiger partial charge in [-0.15, -0.1) is 0 Å². The van der Waals surface area contributed by atoms with Crippen molar-refractivity contribution in [2.45, 2.75) is 31.7 Å². The van der Waals surface area contributed by atoms with Gasteiger partial charge in [0.05, 0.1) is 5.52 Å². The number of pyridine rings is 1. The first-order valence-corrected chi connectivity index (χ1v) is 8.87. The lowest BCUT2D eigenvalue weighted by molar-refractivity contribution is 0.0926. The lowest BCUT2D eigenvalue weighted by Gasteiger charge is -2.10. The summed E-state index contributed by atoms with van der Waals surface area (Å²) in [7, 11) is 0. The van der Waals surface area contributed by atoms with Crippen molar-refractivity contribution >= 4 is 23.0 Å². The number of nitrogens with zero attached hydrogens (tertiary/aromatic N) is 2. The van der Waals surface area contributed by atoms with Crippen LogP contribution in [0.15, 0.2) is 54.7 Å². The molecule has 1 fully saturated rings. The zero-order valence-corrected chi connectivity index (χ0v) is 14.3. The second-order valence-electron chi connectivity index (χ2n) is 6.51. The van der Waals surface area contributed by atoms with Gasteiger partial charge in [0.1, 0.15) is 0 Å². The van der Waals surface area contributed by atoms with E-state index in [-0.39, 0.29) is 29.4 Å². The summed E-state index contributed by atoms with van der Waals surface area (Å²) in [5.41, 5.74) is 1.54. The molecule has 4 rings (SSSR count). The number of carbonyl (C=O) groups is 2. The predicted octanol–water partition coefficient (Wildman–Crippen LogP) is 3.26. The molecule has 0 unspecified atom stereocenters. The van der Waals surface area contributed by atoms with E-state index in [0.717, 1.165) is 25.7 Å². The molecule has 26 heavy (non-hydrogen) atoms. The third kappa shape index (κ3) is 3.18. The average Bonchev–Trinajstić information content (AvgIpc) is 3.30. The van der Waals surface area contributed by atoms with Crippen LogP contribution in [0.3, 0.4) is 0 Å². The molecule has 132 valence electrons. The van der Waals surface area contributed by atoms with Crippen LogP contribution in [0.25, 0.3) is 5.52 Å². The molecule has 1 saturated carbocycles. The Kier molecular flexibility index (Phi) is 4.39. The maximum absolute atomic E-state index is 12.7. The van der Waals surface area contributed by atoms with Gasteiger partial charge in [-0.1, -0.05) is 37.1 Å². The van der Waals surface area contributed by atoms with E-state index in [4.69, 9.17) is 0 Å². The summed E-state index contributed by atoms with van der Waals surface area (Å²) >= 11 is 0. The second-order valence-corrected chi connectivity index (χ2v) is 6.51. The number of aromatic nitrogens is 2. The third-order valence-corrected chi connectivity index (χ3v) is 4.69. The highest BCUT2D eigenvalue weighted by molar-refractivity contribution is 6.08. The van der Waals surface area contributed by atoms with E-state index in [1.165, 1.54) is 0 Å². The predicted molar refractivity (Wildman–Crippen MR) is 99.3 cm³/mol. The molecular formula is C20H20N4O2. The molecule has 0 aliphatic heterocycles. The number of hydrogen-bond donors (Lipinski definition) is 2. The highest BCUT2D eigenvalue weighted by Gasteiger charge is 2.24. The Morgan fingerprint density at radius 3 is 2.46 bits per heavy atom. The van der Waals surface area contributed by atoms with Gasteiger partial charge in [-0.25, -0.2) is 4.98 Å². The molecule has 2 aromatic heterocycles. The van der Waals surface area contributed by atoms with Gasteiger partial charge >= 0.3 is 0 Å². The van der Waals surface area contributed by atoms with Crippen molar-refractivity contribution in [2.24, 2.45) is 0 Å². The summed E-state index contributed by atoms with van der Waals surface area (Å²) in [4.78, 5) is 29.7. The summed E-state index contributed by atoms with van der Waals surface area (Å²) in [6.45, 7) is 0. The number of amides is 2. The van der Waals surface area contributed by atoms with E-state index >= 15 is 0 Å². The topological polar surface area (TPSA) is 75.5 Å². The van der Waals surface area contributed by atoms with Gasteiger partial charge in [-0.3, -0.25) is 14.0 Å². The molecule has 6 heteroatoms.